The molecule has 0 unspecified atom stereocenters. The van der Waals surface area contributed by atoms with Crippen molar-refractivity contribution < 1.29 is 17.7 Å². The van der Waals surface area contributed by atoms with Crippen molar-refractivity contribution in [2.75, 3.05) is 5.32 Å². The SMILES string of the molecule is Cn1c(C(=O)Nc2ccc(Cl)cc2-c2noc(=O)[nH]2)cc2cccc(S(=O)(=O)c3ccccc3)c21. The van der Waals surface area contributed by atoms with E-state index in [1.54, 1.807) is 55.6 Å². The number of H-pyrrole nitrogens is 1. The topological polar surface area (TPSA) is 127 Å². The van der Waals surface area contributed by atoms with Crippen molar-refractivity contribution in [2.24, 2.45) is 7.05 Å². The lowest BCUT2D eigenvalue weighted by Crippen LogP contribution is -2.16. The lowest BCUT2D eigenvalue weighted by Gasteiger charge is -2.11. The van der Waals surface area contributed by atoms with Crippen LogP contribution in [0.3, 0.4) is 0 Å². The fourth-order valence-corrected chi connectivity index (χ4v) is 5.60. The van der Waals surface area contributed by atoms with Gasteiger partial charge in [-0.05, 0) is 42.5 Å². The Morgan fingerprint density at radius 3 is 2.54 bits per heavy atom. The van der Waals surface area contributed by atoms with Crippen LogP contribution in [0.4, 0.5) is 5.69 Å². The minimum Gasteiger partial charge on any atom is -0.339 e. The third kappa shape index (κ3) is 4.02. The van der Waals surface area contributed by atoms with E-state index < -0.39 is 21.5 Å². The second-order valence-electron chi connectivity index (χ2n) is 7.69. The molecule has 0 spiro atoms. The normalized spacial score (nSPS) is 11.6. The van der Waals surface area contributed by atoms with Crippen LogP contribution in [0.25, 0.3) is 22.3 Å². The van der Waals surface area contributed by atoms with E-state index in [0.29, 0.717) is 27.2 Å². The lowest BCUT2D eigenvalue weighted by molar-refractivity contribution is 0.101. The number of nitrogens with one attached hydrogen (secondary N) is 2. The Morgan fingerprint density at radius 1 is 1.06 bits per heavy atom. The Hall–Kier alpha value is -4.15. The summed E-state index contributed by atoms with van der Waals surface area (Å²) in [5.41, 5.74) is 1.30. The van der Waals surface area contributed by atoms with E-state index in [9.17, 15) is 18.0 Å². The standard InChI is InChI=1S/C24H17ClN4O5S/c1-29-19(23(30)26-18-11-10-15(25)13-17(18)22-27-24(31)34-28-22)12-14-6-5-9-20(21(14)29)35(32,33)16-7-3-2-4-8-16/h2-13H,1H3,(H,26,30)(H,27,28,31). The summed E-state index contributed by atoms with van der Waals surface area (Å²) in [5, 5.41) is 7.40. The summed E-state index contributed by atoms with van der Waals surface area (Å²) in [6.07, 6.45) is 0. The minimum absolute atomic E-state index is 0.0927. The second-order valence-corrected chi connectivity index (χ2v) is 10.0. The van der Waals surface area contributed by atoms with Gasteiger partial charge in [-0.25, -0.2) is 13.2 Å². The zero-order valence-electron chi connectivity index (χ0n) is 18.2. The van der Waals surface area contributed by atoms with E-state index in [2.05, 4.69) is 20.0 Å². The highest BCUT2D eigenvalue weighted by molar-refractivity contribution is 7.91. The number of nitrogens with zero attached hydrogens (tertiary/aromatic N) is 2. The van der Waals surface area contributed by atoms with Gasteiger partial charge in [0.05, 0.1) is 21.0 Å². The fraction of sp³-hybridized carbons (Fsp3) is 0.0417. The van der Waals surface area contributed by atoms with Crippen LogP contribution in [0.1, 0.15) is 10.5 Å². The number of anilines is 1. The summed E-state index contributed by atoms with van der Waals surface area (Å²) in [7, 11) is -2.20. The molecule has 0 saturated carbocycles. The van der Waals surface area contributed by atoms with Gasteiger partial charge in [0.2, 0.25) is 9.84 Å². The number of sulfone groups is 1. The van der Waals surface area contributed by atoms with Gasteiger partial charge in [-0.1, -0.05) is 47.1 Å². The number of amides is 1. The molecule has 2 aromatic heterocycles. The zero-order valence-corrected chi connectivity index (χ0v) is 19.7. The van der Waals surface area contributed by atoms with E-state index in [0.717, 1.165) is 0 Å². The van der Waals surface area contributed by atoms with Crippen LogP contribution in [0.15, 0.2) is 91.9 Å². The number of aromatic amines is 1. The van der Waals surface area contributed by atoms with Gasteiger partial charge in [0.25, 0.3) is 5.91 Å². The highest BCUT2D eigenvalue weighted by Crippen LogP contribution is 2.32. The maximum absolute atomic E-state index is 13.3. The smallest absolute Gasteiger partial charge is 0.339 e. The molecule has 0 aliphatic rings. The van der Waals surface area contributed by atoms with Gasteiger partial charge in [0, 0.05) is 23.0 Å². The molecule has 1 amide bonds. The van der Waals surface area contributed by atoms with Crippen molar-refractivity contribution >= 4 is 43.9 Å². The number of fused-ring (bicyclic) bond motifs is 1. The molecular formula is C24H17ClN4O5S. The molecule has 9 nitrogen and oxygen atoms in total. The number of halogens is 1. The predicted octanol–water partition coefficient (Wildman–Crippen LogP) is 4.26. The molecule has 2 heterocycles. The third-order valence-electron chi connectivity index (χ3n) is 5.52. The molecule has 0 aliphatic carbocycles. The Balaban J connectivity index is 1.58. The first-order valence-electron chi connectivity index (χ1n) is 10.3. The molecule has 176 valence electrons. The number of aryl methyl sites for hydroxylation is 1. The fourth-order valence-electron chi connectivity index (χ4n) is 3.89. The van der Waals surface area contributed by atoms with Crippen molar-refractivity contribution in [3.63, 3.8) is 0 Å². The summed E-state index contributed by atoms with van der Waals surface area (Å²) in [6.45, 7) is 0. The molecule has 11 heteroatoms. The highest BCUT2D eigenvalue weighted by Gasteiger charge is 2.24. The van der Waals surface area contributed by atoms with Crippen molar-refractivity contribution in [3.05, 3.63) is 94.1 Å². The number of aromatic nitrogens is 3. The molecule has 3 aromatic carbocycles. The van der Waals surface area contributed by atoms with Crippen LogP contribution >= 0.6 is 11.6 Å². The van der Waals surface area contributed by atoms with Gasteiger partial charge in [-0.2, -0.15) is 0 Å². The monoisotopic (exact) mass is 508 g/mol. The Labute approximate surface area is 203 Å². The molecule has 0 fully saturated rings. The zero-order chi connectivity index (χ0) is 24.7. The van der Waals surface area contributed by atoms with E-state index >= 15 is 0 Å². The first kappa shape index (κ1) is 22.6. The number of carbonyl (C=O) groups excluding carboxylic acids is 1. The predicted molar refractivity (Wildman–Crippen MR) is 130 cm³/mol. The van der Waals surface area contributed by atoms with Crippen LogP contribution in [0, 0.1) is 0 Å². The number of benzene rings is 3. The number of carbonyl (C=O) groups is 1. The van der Waals surface area contributed by atoms with Gasteiger partial charge >= 0.3 is 5.76 Å². The van der Waals surface area contributed by atoms with Gasteiger partial charge in [0.15, 0.2) is 5.82 Å². The first-order chi connectivity index (χ1) is 16.8. The lowest BCUT2D eigenvalue weighted by atomic mass is 10.1. The van der Waals surface area contributed by atoms with E-state index in [-0.39, 0.29) is 21.3 Å². The summed E-state index contributed by atoms with van der Waals surface area (Å²) in [5.74, 6) is -1.15. The van der Waals surface area contributed by atoms with Crippen LogP contribution < -0.4 is 11.1 Å². The van der Waals surface area contributed by atoms with Crippen molar-refractivity contribution in [1.29, 1.82) is 0 Å². The van der Waals surface area contributed by atoms with Crippen LogP contribution in [0.5, 0.6) is 0 Å². The van der Waals surface area contributed by atoms with E-state index in [1.165, 1.54) is 28.8 Å². The molecule has 5 rings (SSSR count). The third-order valence-corrected chi connectivity index (χ3v) is 7.56. The molecular weight excluding hydrogens is 492 g/mol. The van der Waals surface area contributed by atoms with Gasteiger partial charge in [0.1, 0.15) is 5.69 Å². The molecule has 0 atom stereocenters. The number of hydrogen-bond donors (Lipinski definition) is 2. The van der Waals surface area contributed by atoms with Gasteiger partial charge in [-0.15, -0.1) is 0 Å². The molecule has 0 bridgehead atoms. The first-order valence-corrected chi connectivity index (χ1v) is 12.2. The van der Waals surface area contributed by atoms with Crippen molar-refractivity contribution in [2.45, 2.75) is 9.79 Å². The number of rotatable bonds is 5. The summed E-state index contributed by atoms with van der Waals surface area (Å²) in [6, 6.07) is 19.3. The molecule has 0 aliphatic heterocycles. The Kier molecular flexibility index (Phi) is 5.54. The van der Waals surface area contributed by atoms with E-state index in [4.69, 9.17) is 11.6 Å². The van der Waals surface area contributed by atoms with Crippen molar-refractivity contribution in [3.8, 4) is 11.4 Å². The minimum atomic E-state index is -3.82. The molecule has 35 heavy (non-hydrogen) atoms. The number of hydrogen-bond acceptors (Lipinski definition) is 6. The van der Waals surface area contributed by atoms with E-state index in [1.807, 2.05) is 0 Å². The van der Waals surface area contributed by atoms with Crippen LogP contribution in [-0.2, 0) is 16.9 Å². The average molecular weight is 509 g/mol. The summed E-state index contributed by atoms with van der Waals surface area (Å²) >= 11 is 6.09. The molecule has 5 aromatic rings. The number of para-hydroxylation sites is 1. The molecule has 2 N–H and O–H groups in total. The van der Waals surface area contributed by atoms with Crippen molar-refractivity contribution in [1.82, 2.24) is 14.7 Å². The highest BCUT2D eigenvalue weighted by atomic mass is 35.5. The largest absolute Gasteiger partial charge is 0.439 e. The maximum Gasteiger partial charge on any atom is 0.439 e. The van der Waals surface area contributed by atoms with Gasteiger partial charge in [-0.3, -0.25) is 14.3 Å². The summed E-state index contributed by atoms with van der Waals surface area (Å²) in [4.78, 5) is 27.4. The Bertz CT molecular complexity index is 1750. The second kappa shape index (κ2) is 8.57. The van der Waals surface area contributed by atoms with Gasteiger partial charge < -0.3 is 9.88 Å². The Morgan fingerprint density at radius 2 is 1.83 bits per heavy atom. The van der Waals surface area contributed by atoms with Crippen LogP contribution in [0.2, 0.25) is 5.02 Å². The molecule has 0 radical (unpaired) electrons. The average Bonchev–Trinajstić information content (AvgIpc) is 3.44. The maximum atomic E-state index is 13.3. The quantitative estimate of drug-likeness (QED) is 0.365. The summed E-state index contributed by atoms with van der Waals surface area (Å²) < 4.78 is 32.8. The van der Waals surface area contributed by atoms with Crippen LogP contribution in [-0.4, -0.2) is 29.0 Å². The molecule has 0 saturated heterocycles.